The molecule has 0 heterocycles. The summed E-state index contributed by atoms with van der Waals surface area (Å²) in [5.41, 5.74) is 1.49. The quantitative estimate of drug-likeness (QED) is 0.474. The lowest BCUT2D eigenvalue weighted by atomic mass is 10.1. The lowest BCUT2D eigenvalue weighted by molar-refractivity contribution is -0.384. The maximum Gasteiger partial charge on any atom is 0.288 e. The molecule has 6 heteroatoms. The van der Waals surface area contributed by atoms with Crippen LogP contribution in [0.15, 0.2) is 12.1 Å². The molecule has 2 N–H and O–H groups in total. The van der Waals surface area contributed by atoms with Gasteiger partial charge in [-0.1, -0.05) is 11.6 Å². The van der Waals surface area contributed by atoms with Crippen molar-refractivity contribution in [2.45, 2.75) is 32.8 Å². The van der Waals surface area contributed by atoms with Crippen LogP contribution in [0.1, 0.15) is 25.3 Å². The minimum atomic E-state index is -0.493. The molecule has 0 amide bonds. The highest BCUT2D eigenvalue weighted by Crippen LogP contribution is 2.30. The number of anilines is 1. The minimum absolute atomic E-state index is 0.0799. The largest absolute Gasteiger partial charge is 0.393 e. The Morgan fingerprint density at radius 2 is 2.22 bits per heavy atom. The number of hydrogen-bond acceptors (Lipinski definition) is 4. The van der Waals surface area contributed by atoms with Crippen LogP contribution >= 0.6 is 11.6 Å². The van der Waals surface area contributed by atoms with Gasteiger partial charge in [-0.15, -0.1) is 0 Å². The van der Waals surface area contributed by atoms with Crippen molar-refractivity contribution < 1.29 is 10.0 Å². The van der Waals surface area contributed by atoms with Crippen molar-refractivity contribution in [3.8, 4) is 0 Å². The number of aliphatic hydroxyl groups is 1. The van der Waals surface area contributed by atoms with Gasteiger partial charge in [0.05, 0.1) is 11.0 Å². The van der Waals surface area contributed by atoms with Crippen LogP contribution in [0, 0.1) is 17.0 Å². The molecule has 0 saturated carbocycles. The molecule has 0 fully saturated rings. The summed E-state index contributed by atoms with van der Waals surface area (Å²) in [7, 11) is 0. The molecule has 1 aromatic carbocycles. The van der Waals surface area contributed by atoms with Gasteiger partial charge in [-0.25, -0.2) is 0 Å². The van der Waals surface area contributed by atoms with Gasteiger partial charge < -0.3 is 10.4 Å². The third-order valence-corrected chi connectivity index (χ3v) is 2.91. The number of nitrogens with zero attached hydrogens (tertiary/aromatic N) is 1. The Hall–Kier alpha value is -1.33. The molecular formula is C12H17ClN2O3. The molecule has 1 aromatic rings. The summed E-state index contributed by atoms with van der Waals surface area (Å²) in [6.45, 7) is 4.23. The standard InChI is InChI=1S/C12H17ClN2O3/c1-8-6-12(15(17)18)10(13)7-11(8)14-5-3-4-9(2)16/h6-7,9,14,16H,3-5H2,1-2H3. The van der Waals surface area contributed by atoms with Crippen molar-refractivity contribution in [1.29, 1.82) is 0 Å². The number of nitrogens with one attached hydrogen (secondary N) is 1. The lowest BCUT2D eigenvalue weighted by Crippen LogP contribution is -2.07. The van der Waals surface area contributed by atoms with Crippen molar-refractivity contribution in [3.05, 3.63) is 32.8 Å². The van der Waals surface area contributed by atoms with Crippen molar-refractivity contribution in [3.63, 3.8) is 0 Å². The average Bonchev–Trinajstić information content (AvgIpc) is 2.27. The van der Waals surface area contributed by atoms with E-state index in [1.807, 2.05) is 0 Å². The molecule has 1 atom stereocenters. The fraction of sp³-hybridized carbons (Fsp3) is 0.500. The van der Waals surface area contributed by atoms with Crippen LogP contribution in [-0.2, 0) is 0 Å². The third kappa shape index (κ3) is 4.16. The molecule has 0 saturated heterocycles. The number of aryl methyl sites for hydroxylation is 1. The van der Waals surface area contributed by atoms with Gasteiger partial charge in [0.2, 0.25) is 0 Å². The van der Waals surface area contributed by atoms with Crippen LogP contribution < -0.4 is 5.32 Å². The van der Waals surface area contributed by atoms with Gasteiger partial charge in [-0.3, -0.25) is 10.1 Å². The molecule has 100 valence electrons. The lowest BCUT2D eigenvalue weighted by Gasteiger charge is -2.10. The molecule has 0 spiro atoms. The first-order chi connectivity index (χ1) is 8.41. The molecule has 0 radical (unpaired) electrons. The number of hydrogen-bond donors (Lipinski definition) is 2. The van der Waals surface area contributed by atoms with E-state index >= 15 is 0 Å². The third-order valence-electron chi connectivity index (χ3n) is 2.60. The van der Waals surface area contributed by atoms with E-state index in [9.17, 15) is 10.1 Å². The summed E-state index contributed by atoms with van der Waals surface area (Å²) < 4.78 is 0. The van der Waals surface area contributed by atoms with Crippen molar-refractivity contribution >= 4 is 23.0 Å². The summed E-state index contributed by atoms with van der Waals surface area (Å²) in [4.78, 5) is 10.2. The van der Waals surface area contributed by atoms with Crippen LogP contribution in [0.5, 0.6) is 0 Å². The molecule has 0 bridgehead atoms. The summed E-state index contributed by atoms with van der Waals surface area (Å²) >= 11 is 5.84. The first-order valence-electron chi connectivity index (χ1n) is 5.78. The second-order valence-corrected chi connectivity index (χ2v) is 4.70. The van der Waals surface area contributed by atoms with Gasteiger partial charge in [-0.2, -0.15) is 0 Å². The Morgan fingerprint density at radius 1 is 1.56 bits per heavy atom. The maximum atomic E-state index is 10.7. The predicted molar refractivity (Wildman–Crippen MR) is 72.2 cm³/mol. The van der Waals surface area contributed by atoms with Gasteiger partial charge in [0.25, 0.3) is 5.69 Å². The van der Waals surface area contributed by atoms with Crippen molar-refractivity contribution in [2.24, 2.45) is 0 Å². The number of nitro groups is 1. The maximum absolute atomic E-state index is 10.7. The zero-order valence-electron chi connectivity index (χ0n) is 10.4. The summed E-state index contributed by atoms with van der Waals surface area (Å²) in [5.74, 6) is 0. The van der Waals surface area contributed by atoms with E-state index in [4.69, 9.17) is 16.7 Å². The van der Waals surface area contributed by atoms with Crippen LogP contribution in [0.4, 0.5) is 11.4 Å². The van der Waals surface area contributed by atoms with Crippen LogP contribution in [0.25, 0.3) is 0 Å². The van der Waals surface area contributed by atoms with Gasteiger partial charge in [-0.05, 0) is 38.3 Å². The topological polar surface area (TPSA) is 75.4 Å². The first kappa shape index (κ1) is 14.7. The number of halogens is 1. The van der Waals surface area contributed by atoms with Crippen molar-refractivity contribution in [2.75, 3.05) is 11.9 Å². The Balaban J connectivity index is 2.67. The van der Waals surface area contributed by atoms with Crippen LogP contribution in [-0.4, -0.2) is 22.7 Å². The van der Waals surface area contributed by atoms with Gasteiger partial charge in [0.1, 0.15) is 5.02 Å². The SMILES string of the molecule is Cc1cc([N+](=O)[O-])c(Cl)cc1NCCCC(C)O. The highest BCUT2D eigenvalue weighted by atomic mass is 35.5. The zero-order chi connectivity index (χ0) is 13.7. The van der Waals surface area contributed by atoms with E-state index in [2.05, 4.69) is 5.32 Å². The number of nitro benzene ring substituents is 1. The highest BCUT2D eigenvalue weighted by Gasteiger charge is 2.14. The van der Waals surface area contributed by atoms with Gasteiger partial charge >= 0.3 is 0 Å². The second kappa shape index (κ2) is 6.56. The predicted octanol–water partition coefficient (Wildman–Crippen LogP) is 3.13. The fourth-order valence-corrected chi connectivity index (χ4v) is 1.85. The zero-order valence-corrected chi connectivity index (χ0v) is 11.2. The molecule has 1 rings (SSSR count). The molecule has 0 aliphatic carbocycles. The number of rotatable bonds is 6. The van der Waals surface area contributed by atoms with Crippen LogP contribution in [0.3, 0.4) is 0 Å². The van der Waals surface area contributed by atoms with E-state index in [1.54, 1.807) is 19.9 Å². The van der Waals surface area contributed by atoms with Gasteiger partial charge in [0, 0.05) is 18.3 Å². The number of benzene rings is 1. The van der Waals surface area contributed by atoms with E-state index < -0.39 is 4.92 Å². The first-order valence-corrected chi connectivity index (χ1v) is 6.16. The molecule has 18 heavy (non-hydrogen) atoms. The van der Waals surface area contributed by atoms with Crippen LogP contribution in [0.2, 0.25) is 5.02 Å². The average molecular weight is 273 g/mol. The molecule has 0 aliphatic rings. The second-order valence-electron chi connectivity index (χ2n) is 4.29. The monoisotopic (exact) mass is 272 g/mol. The smallest absolute Gasteiger partial charge is 0.288 e. The Kier molecular flexibility index (Phi) is 5.37. The Bertz CT molecular complexity index is 436. The normalized spacial score (nSPS) is 12.2. The Labute approximate surface area is 111 Å². The summed E-state index contributed by atoms with van der Waals surface area (Å²) in [6.07, 6.45) is 1.23. The highest BCUT2D eigenvalue weighted by molar-refractivity contribution is 6.33. The molecule has 0 aliphatic heterocycles. The fourth-order valence-electron chi connectivity index (χ4n) is 1.62. The Morgan fingerprint density at radius 3 is 2.78 bits per heavy atom. The van der Waals surface area contributed by atoms with Crippen molar-refractivity contribution in [1.82, 2.24) is 0 Å². The minimum Gasteiger partial charge on any atom is -0.393 e. The molecule has 0 aromatic heterocycles. The van der Waals surface area contributed by atoms with E-state index in [0.29, 0.717) is 13.0 Å². The summed E-state index contributed by atoms with van der Waals surface area (Å²) in [5, 5.41) is 23.1. The molecular weight excluding hydrogens is 256 g/mol. The van der Waals surface area contributed by atoms with E-state index in [-0.39, 0.29) is 16.8 Å². The molecule has 1 unspecified atom stereocenters. The number of aliphatic hydroxyl groups excluding tert-OH is 1. The summed E-state index contributed by atoms with van der Waals surface area (Å²) in [6, 6.07) is 3.02. The molecule has 5 nitrogen and oxygen atoms in total. The van der Waals surface area contributed by atoms with E-state index in [0.717, 1.165) is 17.7 Å². The van der Waals surface area contributed by atoms with Gasteiger partial charge in [0.15, 0.2) is 0 Å². The van der Waals surface area contributed by atoms with E-state index in [1.165, 1.54) is 6.07 Å².